The van der Waals surface area contributed by atoms with E-state index in [9.17, 15) is 13.2 Å². The predicted molar refractivity (Wildman–Crippen MR) is 110 cm³/mol. The molecule has 0 saturated carbocycles. The van der Waals surface area contributed by atoms with E-state index in [2.05, 4.69) is 24.4 Å². The minimum Gasteiger partial charge on any atom is -0.326 e. The molecule has 0 spiro atoms. The first-order valence-corrected chi connectivity index (χ1v) is 11.0. The zero-order valence-electron chi connectivity index (χ0n) is 15.6. The lowest BCUT2D eigenvalue weighted by Crippen LogP contribution is -2.37. The Kier molecular flexibility index (Phi) is 6.16. The van der Waals surface area contributed by atoms with Crippen molar-refractivity contribution in [2.24, 2.45) is 0 Å². The van der Waals surface area contributed by atoms with Gasteiger partial charge in [0.15, 0.2) is 0 Å². The van der Waals surface area contributed by atoms with Crippen molar-refractivity contribution < 1.29 is 13.2 Å². The standard InChI is InChI=1S/C21H26N2O3S/c1-17-8-2-3-9-18(17)10-6-13-21(24)22-19-11-7-12-20(16-19)23-14-4-5-15-27(23,25)26/h2-3,7-9,11-12,16H,4-6,10,13-15H2,1H3,(H,22,24). The van der Waals surface area contributed by atoms with Crippen LogP contribution in [0.15, 0.2) is 48.5 Å². The lowest BCUT2D eigenvalue weighted by Gasteiger charge is -2.28. The third-order valence-electron chi connectivity index (χ3n) is 4.88. The van der Waals surface area contributed by atoms with Crippen LogP contribution in [0.1, 0.15) is 36.8 Å². The van der Waals surface area contributed by atoms with E-state index in [1.807, 2.05) is 12.1 Å². The van der Waals surface area contributed by atoms with Crippen molar-refractivity contribution in [3.63, 3.8) is 0 Å². The summed E-state index contributed by atoms with van der Waals surface area (Å²) in [7, 11) is -3.25. The van der Waals surface area contributed by atoms with E-state index in [4.69, 9.17) is 0 Å². The van der Waals surface area contributed by atoms with Gasteiger partial charge in [0.1, 0.15) is 0 Å². The number of nitrogens with one attached hydrogen (secondary N) is 1. The van der Waals surface area contributed by atoms with E-state index in [1.54, 1.807) is 24.3 Å². The van der Waals surface area contributed by atoms with Crippen LogP contribution in [0.4, 0.5) is 11.4 Å². The highest BCUT2D eigenvalue weighted by molar-refractivity contribution is 7.92. The number of carbonyl (C=O) groups is 1. The summed E-state index contributed by atoms with van der Waals surface area (Å²) in [5, 5.41) is 2.89. The second-order valence-electron chi connectivity index (χ2n) is 6.97. The van der Waals surface area contributed by atoms with Crippen LogP contribution >= 0.6 is 0 Å². The van der Waals surface area contributed by atoms with Gasteiger partial charge in [0.25, 0.3) is 0 Å². The third kappa shape index (κ3) is 5.10. The van der Waals surface area contributed by atoms with Gasteiger partial charge in [-0.1, -0.05) is 30.3 Å². The molecule has 0 aliphatic carbocycles. The predicted octanol–water partition coefficient (Wildman–Crippen LogP) is 3.89. The molecular weight excluding hydrogens is 360 g/mol. The van der Waals surface area contributed by atoms with E-state index in [-0.39, 0.29) is 11.7 Å². The molecule has 5 nitrogen and oxygen atoms in total. The highest BCUT2D eigenvalue weighted by Gasteiger charge is 2.26. The minimum absolute atomic E-state index is 0.0535. The van der Waals surface area contributed by atoms with Crippen LogP contribution in [0.2, 0.25) is 0 Å². The molecule has 0 unspecified atom stereocenters. The van der Waals surface area contributed by atoms with Gasteiger partial charge in [-0.05, 0) is 61.9 Å². The summed E-state index contributed by atoms with van der Waals surface area (Å²) in [6, 6.07) is 15.3. The van der Waals surface area contributed by atoms with Gasteiger partial charge in [-0.25, -0.2) is 8.42 Å². The quantitative estimate of drug-likeness (QED) is 0.819. The van der Waals surface area contributed by atoms with Crippen molar-refractivity contribution in [3.8, 4) is 0 Å². The fourth-order valence-electron chi connectivity index (χ4n) is 3.37. The molecule has 1 amide bonds. The number of hydrogen-bond acceptors (Lipinski definition) is 3. The van der Waals surface area contributed by atoms with Gasteiger partial charge in [-0.15, -0.1) is 0 Å². The monoisotopic (exact) mass is 386 g/mol. The lowest BCUT2D eigenvalue weighted by molar-refractivity contribution is -0.116. The maximum Gasteiger partial charge on any atom is 0.235 e. The van der Waals surface area contributed by atoms with Crippen molar-refractivity contribution in [2.45, 2.75) is 39.0 Å². The Morgan fingerprint density at radius 2 is 1.93 bits per heavy atom. The fraction of sp³-hybridized carbons (Fsp3) is 0.381. The Morgan fingerprint density at radius 1 is 1.11 bits per heavy atom. The average molecular weight is 387 g/mol. The molecule has 2 aromatic rings. The van der Waals surface area contributed by atoms with E-state index in [0.717, 1.165) is 19.3 Å². The molecule has 2 aromatic carbocycles. The second kappa shape index (κ2) is 8.57. The van der Waals surface area contributed by atoms with Gasteiger partial charge >= 0.3 is 0 Å². The lowest BCUT2D eigenvalue weighted by atomic mass is 10.0. The van der Waals surface area contributed by atoms with Crippen molar-refractivity contribution in [1.29, 1.82) is 0 Å². The number of hydrogen-bond donors (Lipinski definition) is 1. The van der Waals surface area contributed by atoms with E-state index in [0.29, 0.717) is 30.8 Å². The number of aryl methyl sites for hydroxylation is 2. The molecule has 27 heavy (non-hydrogen) atoms. The summed E-state index contributed by atoms with van der Waals surface area (Å²) < 4.78 is 26.0. The summed E-state index contributed by atoms with van der Waals surface area (Å²) in [6.45, 7) is 2.58. The molecule has 0 radical (unpaired) electrons. The van der Waals surface area contributed by atoms with Gasteiger partial charge in [-0.3, -0.25) is 9.10 Å². The summed E-state index contributed by atoms with van der Waals surface area (Å²) >= 11 is 0. The highest BCUT2D eigenvalue weighted by Crippen LogP contribution is 2.26. The molecule has 144 valence electrons. The number of anilines is 2. The Hall–Kier alpha value is -2.34. The molecule has 1 saturated heterocycles. The van der Waals surface area contributed by atoms with Crippen molar-refractivity contribution in [1.82, 2.24) is 0 Å². The number of benzene rings is 2. The number of sulfonamides is 1. The van der Waals surface area contributed by atoms with Gasteiger partial charge in [0.05, 0.1) is 11.4 Å². The Balaban J connectivity index is 1.57. The number of nitrogens with zero attached hydrogens (tertiary/aromatic N) is 1. The summed E-state index contributed by atoms with van der Waals surface area (Å²) in [5.41, 5.74) is 3.76. The molecule has 1 N–H and O–H groups in total. The van der Waals surface area contributed by atoms with Gasteiger partial charge in [0, 0.05) is 18.7 Å². The van der Waals surface area contributed by atoms with E-state index >= 15 is 0 Å². The Labute approximate surface area is 161 Å². The van der Waals surface area contributed by atoms with Crippen molar-refractivity contribution >= 4 is 27.3 Å². The van der Waals surface area contributed by atoms with Crippen LogP contribution in [0.3, 0.4) is 0 Å². The molecule has 0 atom stereocenters. The van der Waals surface area contributed by atoms with Gasteiger partial charge < -0.3 is 5.32 Å². The maximum absolute atomic E-state index is 12.3. The summed E-state index contributed by atoms with van der Waals surface area (Å²) in [6.07, 6.45) is 3.63. The largest absolute Gasteiger partial charge is 0.326 e. The first-order chi connectivity index (χ1) is 13.0. The third-order valence-corrected chi connectivity index (χ3v) is 6.75. The van der Waals surface area contributed by atoms with Crippen molar-refractivity contribution in [2.75, 3.05) is 21.9 Å². The molecule has 1 heterocycles. The molecule has 1 aliphatic rings. The Morgan fingerprint density at radius 3 is 2.70 bits per heavy atom. The topological polar surface area (TPSA) is 66.5 Å². The number of amides is 1. The Bertz CT molecular complexity index is 909. The van der Waals surface area contributed by atoms with E-state index < -0.39 is 10.0 Å². The van der Waals surface area contributed by atoms with Crippen LogP contribution in [-0.4, -0.2) is 26.6 Å². The van der Waals surface area contributed by atoms with Crippen LogP contribution in [0.5, 0.6) is 0 Å². The molecule has 1 aliphatic heterocycles. The molecule has 1 fully saturated rings. The summed E-state index contributed by atoms with van der Waals surface area (Å²) in [4.78, 5) is 12.3. The average Bonchev–Trinajstić information content (AvgIpc) is 2.63. The molecule has 0 bridgehead atoms. The normalized spacial score (nSPS) is 16.1. The molecular formula is C21H26N2O3S. The zero-order chi connectivity index (χ0) is 19.3. The van der Waals surface area contributed by atoms with Gasteiger partial charge in [-0.2, -0.15) is 0 Å². The van der Waals surface area contributed by atoms with Crippen LogP contribution in [0.25, 0.3) is 0 Å². The summed E-state index contributed by atoms with van der Waals surface area (Å²) in [5.74, 6) is 0.130. The molecule has 0 aromatic heterocycles. The second-order valence-corrected chi connectivity index (χ2v) is 8.99. The molecule has 6 heteroatoms. The first-order valence-electron chi connectivity index (χ1n) is 9.40. The SMILES string of the molecule is Cc1ccccc1CCCC(=O)Nc1cccc(N2CCCCS2(=O)=O)c1. The molecule has 3 rings (SSSR count). The van der Waals surface area contributed by atoms with Crippen molar-refractivity contribution in [3.05, 3.63) is 59.7 Å². The number of carbonyl (C=O) groups excluding carboxylic acids is 1. The maximum atomic E-state index is 12.3. The van der Waals surface area contributed by atoms with Crippen LogP contribution < -0.4 is 9.62 Å². The fourth-order valence-corrected chi connectivity index (χ4v) is 5.00. The number of rotatable bonds is 6. The minimum atomic E-state index is -3.25. The van der Waals surface area contributed by atoms with Gasteiger partial charge in [0.2, 0.25) is 15.9 Å². The van der Waals surface area contributed by atoms with Crippen LogP contribution in [0, 0.1) is 6.92 Å². The van der Waals surface area contributed by atoms with E-state index in [1.165, 1.54) is 15.4 Å². The first kappa shape index (κ1) is 19.4. The van der Waals surface area contributed by atoms with Crippen LogP contribution in [-0.2, 0) is 21.2 Å². The zero-order valence-corrected chi connectivity index (χ0v) is 16.5. The highest BCUT2D eigenvalue weighted by atomic mass is 32.2. The smallest absolute Gasteiger partial charge is 0.235 e.